The minimum Gasteiger partial charge on any atom is -0.298 e. The first-order valence-corrected chi connectivity index (χ1v) is 12.0. The van der Waals surface area contributed by atoms with Crippen LogP contribution in [-0.2, 0) is 11.8 Å². The normalized spacial score (nSPS) is 29.7. The molecule has 30 heavy (non-hydrogen) atoms. The van der Waals surface area contributed by atoms with Gasteiger partial charge in [0, 0.05) is 12.5 Å². The number of ketones is 1. The van der Waals surface area contributed by atoms with E-state index in [1.54, 1.807) is 11.6 Å². The van der Waals surface area contributed by atoms with Gasteiger partial charge in [-0.25, -0.2) is 4.98 Å². The van der Waals surface area contributed by atoms with Gasteiger partial charge in [-0.1, -0.05) is 36.0 Å². The van der Waals surface area contributed by atoms with Crippen LogP contribution in [0.3, 0.4) is 0 Å². The van der Waals surface area contributed by atoms with Crippen LogP contribution in [0.2, 0.25) is 0 Å². The minimum absolute atomic E-state index is 0.0458. The van der Waals surface area contributed by atoms with Crippen LogP contribution in [-0.4, -0.2) is 21.1 Å². The molecule has 4 aliphatic carbocycles. The van der Waals surface area contributed by atoms with Crippen molar-refractivity contribution in [1.29, 1.82) is 0 Å². The van der Waals surface area contributed by atoms with Gasteiger partial charge in [-0.05, 0) is 79.2 Å². The standard InChI is InChI=1S/C25H26N2O2S/c1-27-23(29)20-9-18-4-2-3-5-19(18)10-21(20)26-24(27)30-14-22(28)25-11-15-6-16(12-25)8-17(7-15)13-25/h2-5,9-10,15-17H,6-8,11-14H2,1H3. The molecule has 0 amide bonds. The van der Waals surface area contributed by atoms with Crippen LogP contribution in [0, 0.1) is 23.2 Å². The van der Waals surface area contributed by atoms with Crippen LogP contribution in [0.15, 0.2) is 46.3 Å². The molecule has 3 aromatic rings. The molecule has 4 saturated carbocycles. The van der Waals surface area contributed by atoms with Gasteiger partial charge in [0.25, 0.3) is 5.56 Å². The number of rotatable bonds is 4. The fourth-order valence-electron chi connectivity index (χ4n) is 6.80. The zero-order chi connectivity index (χ0) is 20.5. The molecule has 0 aliphatic heterocycles. The molecule has 0 spiro atoms. The first-order chi connectivity index (χ1) is 14.5. The van der Waals surface area contributed by atoms with E-state index in [1.165, 1.54) is 31.0 Å². The summed E-state index contributed by atoms with van der Waals surface area (Å²) in [6.45, 7) is 0. The van der Waals surface area contributed by atoms with E-state index >= 15 is 0 Å². The van der Waals surface area contributed by atoms with Crippen LogP contribution >= 0.6 is 11.8 Å². The summed E-state index contributed by atoms with van der Waals surface area (Å²) < 4.78 is 1.61. The maximum atomic E-state index is 13.4. The van der Waals surface area contributed by atoms with Crippen molar-refractivity contribution in [2.24, 2.45) is 30.2 Å². The molecule has 0 radical (unpaired) electrons. The Balaban J connectivity index is 1.30. The van der Waals surface area contributed by atoms with Crippen LogP contribution in [0.1, 0.15) is 38.5 Å². The van der Waals surface area contributed by atoms with Gasteiger partial charge in [-0.3, -0.25) is 14.2 Å². The van der Waals surface area contributed by atoms with Crippen LogP contribution in [0.25, 0.3) is 21.7 Å². The molecule has 2 aromatic carbocycles. The van der Waals surface area contributed by atoms with E-state index in [0.717, 1.165) is 47.8 Å². The molecule has 0 saturated heterocycles. The summed E-state index contributed by atoms with van der Waals surface area (Å²) in [5.41, 5.74) is 0.574. The molecule has 7 rings (SSSR count). The van der Waals surface area contributed by atoms with Crippen molar-refractivity contribution in [3.63, 3.8) is 0 Å². The number of carbonyl (C=O) groups excluding carboxylic acids is 1. The molecule has 0 unspecified atom stereocenters. The summed E-state index contributed by atoms with van der Waals surface area (Å²) in [4.78, 5) is 31.1. The number of benzene rings is 2. The Hall–Kier alpha value is -2.14. The van der Waals surface area contributed by atoms with Crippen molar-refractivity contribution in [2.75, 3.05) is 5.75 Å². The first-order valence-electron chi connectivity index (χ1n) is 11.1. The number of carbonyl (C=O) groups is 1. The lowest BCUT2D eigenvalue weighted by atomic mass is 9.48. The van der Waals surface area contributed by atoms with Crippen LogP contribution < -0.4 is 5.56 Å². The third-order valence-corrected chi connectivity index (χ3v) is 8.89. The van der Waals surface area contributed by atoms with E-state index in [2.05, 4.69) is 0 Å². The highest BCUT2D eigenvalue weighted by atomic mass is 32.2. The molecular weight excluding hydrogens is 392 g/mol. The smallest absolute Gasteiger partial charge is 0.261 e. The summed E-state index contributed by atoms with van der Waals surface area (Å²) in [6.07, 6.45) is 7.30. The molecule has 4 bridgehead atoms. The molecule has 4 aliphatic rings. The molecule has 1 heterocycles. The van der Waals surface area contributed by atoms with Gasteiger partial charge in [0.1, 0.15) is 5.78 Å². The van der Waals surface area contributed by atoms with Crippen molar-refractivity contribution in [3.05, 3.63) is 46.8 Å². The highest BCUT2D eigenvalue weighted by Gasteiger charge is 2.54. The van der Waals surface area contributed by atoms with Gasteiger partial charge < -0.3 is 0 Å². The second-order valence-electron chi connectivity index (χ2n) is 9.88. The number of thioether (sulfide) groups is 1. The number of nitrogens with zero attached hydrogens (tertiary/aromatic N) is 2. The van der Waals surface area contributed by atoms with E-state index in [-0.39, 0.29) is 11.0 Å². The number of fused-ring (bicyclic) bond motifs is 2. The fourth-order valence-corrected chi connectivity index (χ4v) is 7.81. The van der Waals surface area contributed by atoms with Gasteiger partial charge in [0.05, 0.1) is 16.7 Å². The third kappa shape index (κ3) is 2.85. The number of aromatic nitrogens is 2. The maximum absolute atomic E-state index is 13.4. The zero-order valence-electron chi connectivity index (χ0n) is 17.3. The number of Topliss-reactive ketones (excluding diaryl/α,β-unsaturated/α-hetero) is 1. The molecule has 5 heteroatoms. The monoisotopic (exact) mass is 418 g/mol. The van der Waals surface area contributed by atoms with Crippen molar-refractivity contribution >= 4 is 39.2 Å². The Morgan fingerprint density at radius 3 is 2.30 bits per heavy atom. The Kier molecular flexibility index (Phi) is 4.14. The van der Waals surface area contributed by atoms with Crippen molar-refractivity contribution in [2.45, 2.75) is 43.7 Å². The Bertz CT molecular complexity index is 1210. The van der Waals surface area contributed by atoms with Crippen molar-refractivity contribution in [1.82, 2.24) is 9.55 Å². The summed E-state index contributed by atoms with van der Waals surface area (Å²) in [5.74, 6) is 3.11. The highest BCUT2D eigenvalue weighted by molar-refractivity contribution is 7.99. The predicted octanol–water partition coefficient (Wildman–Crippen LogP) is 4.96. The predicted molar refractivity (Wildman–Crippen MR) is 121 cm³/mol. The molecule has 4 fully saturated rings. The quantitative estimate of drug-likeness (QED) is 0.341. The average molecular weight is 419 g/mol. The minimum atomic E-state index is -0.0896. The summed E-state index contributed by atoms with van der Waals surface area (Å²) in [7, 11) is 1.77. The van der Waals surface area contributed by atoms with E-state index in [4.69, 9.17) is 4.98 Å². The fraction of sp³-hybridized carbons (Fsp3) is 0.480. The van der Waals surface area contributed by atoms with E-state index in [0.29, 0.717) is 27.6 Å². The van der Waals surface area contributed by atoms with E-state index in [1.807, 2.05) is 36.4 Å². The lowest BCUT2D eigenvalue weighted by Gasteiger charge is -2.56. The van der Waals surface area contributed by atoms with Gasteiger partial charge in [0.15, 0.2) is 5.16 Å². The third-order valence-electron chi connectivity index (χ3n) is 7.86. The van der Waals surface area contributed by atoms with Crippen LogP contribution in [0.5, 0.6) is 0 Å². The average Bonchev–Trinajstić information content (AvgIpc) is 2.73. The lowest BCUT2D eigenvalue weighted by molar-refractivity contribution is -0.141. The second kappa shape index (κ2) is 6.68. The molecule has 4 nitrogen and oxygen atoms in total. The summed E-state index contributed by atoms with van der Waals surface area (Å²) in [6, 6.07) is 11.9. The van der Waals surface area contributed by atoms with Gasteiger partial charge in [0.2, 0.25) is 0 Å². The molecule has 0 N–H and O–H groups in total. The molecule has 154 valence electrons. The number of hydrogen-bond donors (Lipinski definition) is 0. The molecule has 1 aromatic heterocycles. The topological polar surface area (TPSA) is 52.0 Å². The van der Waals surface area contributed by atoms with Crippen LogP contribution in [0.4, 0.5) is 0 Å². The molecule has 0 atom stereocenters. The zero-order valence-corrected chi connectivity index (χ0v) is 18.1. The second-order valence-corrected chi connectivity index (χ2v) is 10.8. The SMILES string of the molecule is Cn1c(SCC(=O)C23CC4CC(CC(C4)C2)C3)nc2cc3ccccc3cc2c1=O. The summed E-state index contributed by atoms with van der Waals surface area (Å²) >= 11 is 1.44. The van der Waals surface area contributed by atoms with Crippen molar-refractivity contribution in [3.8, 4) is 0 Å². The maximum Gasteiger partial charge on any atom is 0.261 e. The van der Waals surface area contributed by atoms with Gasteiger partial charge >= 0.3 is 0 Å². The highest BCUT2D eigenvalue weighted by Crippen LogP contribution is 2.60. The lowest BCUT2D eigenvalue weighted by Crippen LogP contribution is -2.50. The van der Waals surface area contributed by atoms with E-state index < -0.39 is 0 Å². The Morgan fingerprint density at radius 2 is 1.67 bits per heavy atom. The largest absolute Gasteiger partial charge is 0.298 e. The Morgan fingerprint density at radius 1 is 1.07 bits per heavy atom. The molecular formula is C25H26N2O2S. The van der Waals surface area contributed by atoms with Crippen molar-refractivity contribution < 1.29 is 4.79 Å². The summed E-state index contributed by atoms with van der Waals surface area (Å²) in [5, 5.41) is 3.39. The Labute approximate surface area is 180 Å². The van der Waals surface area contributed by atoms with E-state index in [9.17, 15) is 9.59 Å². The van der Waals surface area contributed by atoms with Gasteiger partial charge in [-0.15, -0.1) is 0 Å². The first kappa shape index (κ1) is 18.6. The number of hydrogen-bond acceptors (Lipinski definition) is 4. The van der Waals surface area contributed by atoms with Gasteiger partial charge in [-0.2, -0.15) is 0 Å².